The minimum atomic E-state index is -4.69. The van der Waals surface area contributed by atoms with E-state index in [1.54, 1.807) is 31.2 Å². The van der Waals surface area contributed by atoms with Crippen molar-refractivity contribution in [3.8, 4) is 11.4 Å². The van der Waals surface area contributed by atoms with Gasteiger partial charge in [-0.15, -0.1) is 5.10 Å². The summed E-state index contributed by atoms with van der Waals surface area (Å²) in [5.74, 6) is -2.23. The van der Waals surface area contributed by atoms with Crippen LogP contribution in [0.4, 0.5) is 13.2 Å². The zero-order valence-corrected chi connectivity index (χ0v) is 12.8. The molecule has 11 heteroatoms. The summed E-state index contributed by atoms with van der Waals surface area (Å²) >= 11 is 0. The van der Waals surface area contributed by atoms with Crippen molar-refractivity contribution in [1.82, 2.24) is 25.1 Å². The predicted octanol–water partition coefficient (Wildman–Crippen LogP) is 1.80. The lowest BCUT2D eigenvalue weighted by Gasteiger charge is -2.04. The van der Waals surface area contributed by atoms with Gasteiger partial charge >= 0.3 is 12.1 Å². The van der Waals surface area contributed by atoms with E-state index in [4.69, 9.17) is 5.73 Å². The van der Waals surface area contributed by atoms with Gasteiger partial charge < -0.3 is 10.3 Å². The van der Waals surface area contributed by atoms with Gasteiger partial charge in [0.1, 0.15) is 0 Å². The van der Waals surface area contributed by atoms with Gasteiger partial charge in [0.25, 0.3) is 5.91 Å². The average Bonchev–Trinajstić information content (AvgIpc) is 3.16. The molecule has 130 valence electrons. The van der Waals surface area contributed by atoms with Crippen LogP contribution in [0.2, 0.25) is 0 Å². The fraction of sp³-hybridized carbons (Fsp3) is 0.214. The molecule has 0 aliphatic rings. The van der Waals surface area contributed by atoms with Crippen molar-refractivity contribution in [2.24, 2.45) is 5.73 Å². The lowest BCUT2D eigenvalue weighted by molar-refractivity contribution is -0.159. The van der Waals surface area contributed by atoms with Gasteiger partial charge in [-0.1, -0.05) is 34.6 Å². The van der Waals surface area contributed by atoms with Crippen LogP contribution in [0, 0.1) is 6.92 Å². The molecule has 0 saturated carbocycles. The first-order valence-electron chi connectivity index (χ1n) is 6.96. The highest BCUT2D eigenvalue weighted by Gasteiger charge is 2.38. The molecule has 3 aromatic rings. The maximum Gasteiger partial charge on any atom is 0.471 e. The molecular weight excluding hydrogens is 341 g/mol. The standard InChI is InChI=1S/C14H11F3N6O2/c1-7-10(11(18)24)20-22-23(7)6-8-2-4-9(5-3-8)12-19-13(25-21-12)14(15,16)17/h2-5H,6H2,1H3,(H2,18,24). The van der Waals surface area contributed by atoms with Crippen LogP contribution in [0.5, 0.6) is 0 Å². The Morgan fingerprint density at radius 3 is 2.48 bits per heavy atom. The third-order valence-corrected chi connectivity index (χ3v) is 3.43. The second-order valence-electron chi connectivity index (χ2n) is 5.16. The zero-order valence-electron chi connectivity index (χ0n) is 12.8. The topological polar surface area (TPSA) is 113 Å². The molecule has 2 heterocycles. The van der Waals surface area contributed by atoms with Crippen molar-refractivity contribution in [3.05, 3.63) is 47.1 Å². The second-order valence-corrected chi connectivity index (χ2v) is 5.16. The number of alkyl halides is 3. The fourth-order valence-electron chi connectivity index (χ4n) is 2.13. The van der Waals surface area contributed by atoms with Crippen LogP contribution in [0.3, 0.4) is 0 Å². The summed E-state index contributed by atoms with van der Waals surface area (Å²) in [6.45, 7) is 1.97. The Morgan fingerprint density at radius 1 is 1.28 bits per heavy atom. The molecular formula is C14H11F3N6O2. The molecule has 0 saturated heterocycles. The van der Waals surface area contributed by atoms with E-state index in [1.807, 2.05) is 0 Å². The lowest BCUT2D eigenvalue weighted by atomic mass is 10.1. The maximum atomic E-state index is 12.5. The largest absolute Gasteiger partial charge is 0.471 e. The molecule has 0 radical (unpaired) electrons. The molecule has 2 N–H and O–H groups in total. The van der Waals surface area contributed by atoms with E-state index in [1.165, 1.54) is 4.68 Å². The molecule has 0 unspecified atom stereocenters. The van der Waals surface area contributed by atoms with Gasteiger partial charge in [0.15, 0.2) is 5.69 Å². The number of amides is 1. The van der Waals surface area contributed by atoms with Gasteiger partial charge in [-0.25, -0.2) is 4.68 Å². The van der Waals surface area contributed by atoms with Crippen LogP contribution in [-0.2, 0) is 12.7 Å². The number of aromatic nitrogens is 5. The normalized spacial score (nSPS) is 11.7. The van der Waals surface area contributed by atoms with E-state index in [9.17, 15) is 18.0 Å². The van der Waals surface area contributed by atoms with Crippen LogP contribution in [0.1, 0.15) is 27.6 Å². The number of benzene rings is 1. The van der Waals surface area contributed by atoms with Gasteiger partial charge in [0, 0.05) is 5.56 Å². The van der Waals surface area contributed by atoms with E-state index in [0.717, 1.165) is 5.56 Å². The number of hydrogen-bond donors (Lipinski definition) is 1. The Labute approximate surface area is 138 Å². The third-order valence-electron chi connectivity index (χ3n) is 3.43. The first kappa shape index (κ1) is 16.6. The Bertz CT molecular complexity index is 914. The molecule has 0 aliphatic heterocycles. The van der Waals surface area contributed by atoms with Crippen LogP contribution >= 0.6 is 0 Å². The van der Waals surface area contributed by atoms with Crippen molar-refractivity contribution in [2.75, 3.05) is 0 Å². The van der Waals surface area contributed by atoms with Gasteiger partial charge in [-0.3, -0.25) is 4.79 Å². The van der Waals surface area contributed by atoms with Gasteiger partial charge in [-0.05, 0) is 12.5 Å². The molecule has 1 amide bonds. The number of hydrogen-bond acceptors (Lipinski definition) is 6. The van der Waals surface area contributed by atoms with Crippen LogP contribution in [0.25, 0.3) is 11.4 Å². The Morgan fingerprint density at radius 2 is 1.96 bits per heavy atom. The van der Waals surface area contributed by atoms with Gasteiger partial charge in [0.05, 0.1) is 12.2 Å². The number of halogens is 3. The highest BCUT2D eigenvalue weighted by atomic mass is 19.4. The SMILES string of the molecule is Cc1c(C(N)=O)nnn1Cc1ccc(-c2noc(C(F)(F)F)n2)cc1. The summed E-state index contributed by atoms with van der Waals surface area (Å²) in [5, 5.41) is 10.9. The van der Waals surface area contributed by atoms with Crippen molar-refractivity contribution in [1.29, 1.82) is 0 Å². The zero-order chi connectivity index (χ0) is 18.2. The number of primary amides is 1. The Balaban J connectivity index is 1.79. The van der Waals surface area contributed by atoms with Crippen molar-refractivity contribution in [3.63, 3.8) is 0 Å². The second kappa shape index (κ2) is 6.00. The van der Waals surface area contributed by atoms with Crippen LogP contribution in [0.15, 0.2) is 28.8 Å². The summed E-state index contributed by atoms with van der Waals surface area (Å²) in [6, 6.07) is 6.46. The molecule has 2 aromatic heterocycles. The summed E-state index contributed by atoms with van der Waals surface area (Å²) in [4.78, 5) is 14.5. The third kappa shape index (κ3) is 3.34. The quantitative estimate of drug-likeness (QED) is 0.766. The lowest BCUT2D eigenvalue weighted by Crippen LogP contribution is -2.13. The first-order valence-corrected chi connectivity index (χ1v) is 6.96. The van der Waals surface area contributed by atoms with E-state index in [2.05, 4.69) is 25.0 Å². The van der Waals surface area contributed by atoms with E-state index in [0.29, 0.717) is 17.8 Å². The van der Waals surface area contributed by atoms with Crippen molar-refractivity contribution >= 4 is 5.91 Å². The van der Waals surface area contributed by atoms with Crippen molar-refractivity contribution < 1.29 is 22.5 Å². The molecule has 1 aromatic carbocycles. The van der Waals surface area contributed by atoms with Crippen LogP contribution in [-0.4, -0.2) is 31.0 Å². The van der Waals surface area contributed by atoms with E-state index < -0.39 is 18.0 Å². The number of nitrogens with zero attached hydrogens (tertiary/aromatic N) is 5. The Hall–Kier alpha value is -3.24. The minimum Gasteiger partial charge on any atom is -0.364 e. The molecule has 0 spiro atoms. The van der Waals surface area contributed by atoms with E-state index >= 15 is 0 Å². The molecule has 8 nitrogen and oxygen atoms in total. The average molecular weight is 352 g/mol. The summed E-state index contributed by atoms with van der Waals surface area (Å²) < 4.78 is 43.1. The summed E-state index contributed by atoms with van der Waals surface area (Å²) in [5.41, 5.74) is 6.94. The summed E-state index contributed by atoms with van der Waals surface area (Å²) in [7, 11) is 0. The number of rotatable bonds is 4. The van der Waals surface area contributed by atoms with Crippen molar-refractivity contribution in [2.45, 2.75) is 19.6 Å². The van der Waals surface area contributed by atoms with Gasteiger partial charge in [-0.2, -0.15) is 18.2 Å². The number of nitrogens with two attached hydrogens (primary N) is 1. The first-order chi connectivity index (χ1) is 11.8. The highest BCUT2D eigenvalue weighted by Crippen LogP contribution is 2.29. The number of carbonyl (C=O) groups excluding carboxylic acids is 1. The molecule has 25 heavy (non-hydrogen) atoms. The summed E-state index contributed by atoms with van der Waals surface area (Å²) in [6.07, 6.45) is -4.69. The fourth-order valence-corrected chi connectivity index (χ4v) is 2.13. The monoisotopic (exact) mass is 352 g/mol. The van der Waals surface area contributed by atoms with Crippen LogP contribution < -0.4 is 5.73 Å². The molecule has 0 bridgehead atoms. The molecule has 0 atom stereocenters. The van der Waals surface area contributed by atoms with E-state index in [-0.39, 0.29) is 11.5 Å². The molecule has 3 rings (SSSR count). The predicted molar refractivity (Wildman–Crippen MR) is 77.1 cm³/mol. The maximum absolute atomic E-state index is 12.5. The highest BCUT2D eigenvalue weighted by molar-refractivity contribution is 5.91. The number of carbonyl (C=O) groups is 1. The smallest absolute Gasteiger partial charge is 0.364 e. The Kier molecular flexibility index (Phi) is 3.99. The molecule has 0 fully saturated rings. The van der Waals surface area contributed by atoms with Gasteiger partial charge in [0.2, 0.25) is 5.82 Å². The minimum absolute atomic E-state index is 0.0862. The molecule has 0 aliphatic carbocycles.